The highest BCUT2D eigenvalue weighted by Crippen LogP contribution is 2.58. The van der Waals surface area contributed by atoms with Gasteiger partial charge in [-0.1, -0.05) is 6.92 Å². The summed E-state index contributed by atoms with van der Waals surface area (Å²) in [5, 5.41) is 68.7. The summed E-state index contributed by atoms with van der Waals surface area (Å²) < 4.78 is 29.2. The van der Waals surface area contributed by atoms with Gasteiger partial charge in [-0.2, -0.15) is 4.98 Å². The van der Waals surface area contributed by atoms with Crippen molar-refractivity contribution in [2.24, 2.45) is 5.92 Å². The summed E-state index contributed by atoms with van der Waals surface area (Å²) in [6.45, 7) is -0.763. The Morgan fingerprint density at radius 2 is 2.03 bits per heavy atom. The number of carbonyl (C=O) groups is 1. The molecule has 2 aliphatic rings. The maximum absolute atomic E-state index is 13.1. The number of nitrogens with zero attached hydrogens (tertiary/aromatic N) is 2. The quantitative estimate of drug-likeness (QED) is 0.140. The molecular weight excluding hydrogens is 525 g/mol. The van der Waals surface area contributed by atoms with E-state index in [9.17, 15) is 49.7 Å². The van der Waals surface area contributed by atoms with Crippen LogP contribution in [0.1, 0.15) is 19.6 Å². The second-order valence-corrected chi connectivity index (χ2v) is 10.9. The summed E-state index contributed by atoms with van der Waals surface area (Å²) in [5.74, 6) is -3.57. The lowest BCUT2D eigenvalue weighted by Crippen LogP contribution is -2.64. The van der Waals surface area contributed by atoms with Crippen LogP contribution in [-0.2, 0) is 23.4 Å². The molecule has 0 amide bonds. The fraction of sp³-hybridized carbons (Fsp3) is 0.737. The van der Waals surface area contributed by atoms with E-state index in [2.05, 4.69) is 4.98 Å². The highest BCUT2D eigenvalue weighted by Gasteiger charge is 2.56. The number of aliphatic hydroxyl groups is 6. The topological polar surface area (TPSA) is 290 Å². The van der Waals surface area contributed by atoms with E-state index in [4.69, 9.17) is 24.8 Å². The molecule has 2 fully saturated rings. The van der Waals surface area contributed by atoms with Gasteiger partial charge in [0.05, 0.1) is 31.4 Å². The first-order valence-electron chi connectivity index (χ1n) is 11.0. The zero-order valence-corrected chi connectivity index (χ0v) is 20.2. The molecule has 0 aromatic carbocycles. The van der Waals surface area contributed by atoms with Crippen LogP contribution in [0.2, 0.25) is 0 Å². The number of nitrogens with two attached hydrogens (primary N) is 1. The Morgan fingerprint density at radius 1 is 1.38 bits per heavy atom. The maximum atomic E-state index is 13.1. The number of aliphatic hydroxyl groups excluding tert-OH is 6. The number of nitrogen functional groups attached to an aromatic ring is 1. The summed E-state index contributed by atoms with van der Waals surface area (Å²) in [7, 11) is -5.76. The molecule has 1 aromatic rings. The normalized spacial score (nSPS) is 37.6. The molecule has 0 bridgehead atoms. The van der Waals surface area contributed by atoms with Crippen LogP contribution in [0, 0.1) is 5.92 Å². The van der Waals surface area contributed by atoms with Gasteiger partial charge < -0.3 is 69.7 Å². The maximum Gasteiger partial charge on any atom is 0.351 e. The number of aromatic nitrogens is 2. The van der Waals surface area contributed by atoms with Gasteiger partial charge >= 0.3 is 5.69 Å². The number of hydrogen-bond donors (Lipinski definition) is 7. The zero-order valence-electron chi connectivity index (χ0n) is 19.3. The van der Waals surface area contributed by atoms with Gasteiger partial charge in [-0.3, -0.25) is 4.57 Å². The Bertz CT molecular complexity index is 1090. The third-order valence-electron chi connectivity index (χ3n) is 6.49. The molecule has 210 valence electrons. The van der Waals surface area contributed by atoms with Crippen LogP contribution in [-0.4, -0.2) is 107 Å². The first-order valence-corrected chi connectivity index (χ1v) is 12.6. The van der Waals surface area contributed by atoms with Crippen LogP contribution in [0.4, 0.5) is 5.82 Å². The van der Waals surface area contributed by atoms with Crippen LogP contribution in [0.15, 0.2) is 17.1 Å². The first-order chi connectivity index (χ1) is 17.2. The van der Waals surface area contributed by atoms with Crippen LogP contribution in [0.25, 0.3) is 0 Å². The fourth-order valence-electron chi connectivity index (χ4n) is 4.19. The highest BCUT2D eigenvalue weighted by atomic mass is 31.2. The molecular formula is C19H28N3O14P-2. The molecule has 1 aromatic heterocycles. The Kier molecular flexibility index (Phi) is 8.78. The molecule has 0 aliphatic carbocycles. The molecule has 4 unspecified atom stereocenters. The molecule has 0 spiro atoms. The number of anilines is 1. The molecule has 3 heterocycles. The van der Waals surface area contributed by atoms with Crippen molar-refractivity contribution in [1.82, 2.24) is 9.55 Å². The number of carboxylic acid groups (broad SMARTS) is 1. The monoisotopic (exact) mass is 553 g/mol. The van der Waals surface area contributed by atoms with Crippen LogP contribution in [0.5, 0.6) is 0 Å². The minimum absolute atomic E-state index is 0.132. The number of aliphatic carboxylic acids is 1. The van der Waals surface area contributed by atoms with E-state index in [0.29, 0.717) is 0 Å². The van der Waals surface area contributed by atoms with Crippen molar-refractivity contribution >= 4 is 19.4 Å². The first kappa shape index (κ1) is 29.5. The minimum atomic E-state index is -5.76. The summed E-state index contributed by atoms with van der Waals surface area (Å²) in [6, 6.07) is 1.20. The molecule has 37 heavy (non-hydrogen) atoms. The Hall–Kier alpha value is -2.02. The van der Waals surface area contributed by atoms with Crippen LogP contribution in [0.3, 0.4) is 0 Å². The smallest absolute Gasteiger partial charge is 0.351 e. The molecule has 3 rings (SSSR count). The van der Waals surface area contributed by atoms with Gasteiger partial charge in [-0.15, -0.1) is 0 Å². The van der Waals surface area contributed by atoms with Gasteiger partial charge in [-0.25, -0.2) is 4.79 Å². The number of rotatable bonds is 9. The van der Waals surface area contributed by atoms with Crippen molar-refractivity contribution in [3.63, 3.8) is 0 Å². The second-order valence-electron chi connectivity index (χ2n) is 8.91. The largest absolute Gasteiger partial charge is 0.776 e. The molecule has 2 saturated heterocycles. The van der Waals surface area contributed by atoms with Crippen molar-refractivity contribution in [3.8, 4) is 0 Å². The van der Waals surface area contributed by atoms with Crippen molar-refractivity contribution < 1.29 is 64.0 Å². The number of carbonyl (C=O) groups excluding carboxylic acids is 1. The Morgan fingerprint density at radius 3 is 2.59 bits per heavy atom. The SMILES string of the molecule is C[C@H]1C([C@H](O)[C@H](O)CO)OC(C(=O)[O-])(P(=O)([O-])OC[C@H]2O[C@@H](n3ccc(N)nc3=O)C(O)[C@H]2O)C[C@@H]1O. The average Bonchev–Trinajstić information content (AvgIpc) is 3.11. The highest BCUT2D eigenvalue weighted by molar-refractivity contribution is 7.54. The van der Waals surface area contributed by atoms with E-state index in [0.717, 1.165) is 10.8 Å². The predicted molar refractivity (Wildman–Crippen MR) is 114 cm³/mol. The van der Waals surface area contributed by atoms with E-state index in [1.54, 1.807) is 0 Å². The third-order valence-corrected chi connectivity index (χ3v) is 8.34. The summed E-state index contributed by atoms with van der Waals surface area (Å²) in [6.07, 6.45) is -14.0. The second kappa shape index (κ2) is 11.0. The zero-order chi connectivity index (χ0) is 27.9. The number of carboxylic acids is 1. The van der Waals surface area contributed by atoms with Gasteiger partial charge in [0, 0.05) is 18.5 Å². The Labute approximate surface area is 208 Å². The van der Waals surface area contributed by atoms with Gasteiger partial charge in [0.2, 0.25) is 0 Å². The minimum Gasteiger partial charge on any atom is -0.776 e. The van der Waals surface area contributed by atoms with Crippen molar-refractivity contribution in [2.75, 3.05) is 18.9 Å². The predicted octanol–water partition coefficient (Wildman–Crippen LogP) is -6.04. The van der Waals surface area contributed by atoms with E-state index in [-0.39, 0.29) is 5.82 Å². The van der Waals surface area contributed by atoms with Gasteiger partial charge in [0.25, 0.3) is 0 Å². The third kappa shape index (κ3) is 5.43. The molecule has 0 saturated carbocycles. The molecule has 0 radical (unpaired) electrons. The number of ether oxygens (including phenoxy) is 2. The standard InChI is InChI=1S/C19H30N3O14P/c1-7-8(24)4-19(17(29)30,36-15(7)12(26)9(25)5-23)37(32,33)34-6-10-13(27)14(28)16(35-10)22-3-2-11(20)21-18(22)31/h2-3,7-10,12-16,23-28H,4-6H2,1H3,(H,29,30)(H,32,33)(H2,20,21,31)/p-2/t7-,8+,9-,10-,12-,13+,14?,15?,16-,19?/m1/s1. The lowest BCUT2D eigenvalue weighted by molar-refractivity contribution is -0.339. The number of hydrogen-bond acceptors (Lipinski definition) is 16. The fourth-order valence-corrected chi connectivity index (χ4v) is 5.63. The van der Waals surface area contributed by atoms with Crippen molar-refractivity contribution in [1.29, 1.82) is 0 Å². The van der Waals surface area contributed by atoms with Gasteiger partial charge in [0.15, 0.2) is 19.2 Å². The summed E-state index contributed by atoms with van der Waals surface area (Å²) >= 11 is 0. The molecule has 8 N–H and O–H groups in total. The molecule has 11 atom stereocenters. The molecule has 17 nitrogen and oxygen atoms in total. The van der Waals surface area contributed by atoms with E-state index >= 15 is 0 Å². The Balaban J connectivity index is 1.82. The molecule has 18 heteroatoms. The van der Waals surface area contributed by atoms with E-state index < -0.39 is 99.1 Å². The van der Waals surface area contributed by atoms with Crippen LogP contribution < -0.4 is 21.4 Å². The van der Waals surface area contributed by atoms with Crippen molar-refractivity contribution in [2.45, 2.75) is 67.6 Å². The lowest BCUT2D eigenvalue weighted by atomic mass is 9.85. The van der Waals surface area contributed by atoms with Gasteiger partial charge in [0.1, 0.15) is 36.3 Å². The summed E-state index contributed by atoms with van der Waals surface area (Å²) in [5.41, 5.74) is 4.45. The molecule has 2 aliphatic heterocycles. The van der Waals surface area contributed by atoms with E-state index in [1.807, 2.05) is 0 Å². The van der Waals surface area contributed by atoms with Crippen molar-refractivity contribution in [3.05, 3.63) is 22.7 Å². The summed E-state index contributed by atoms with van der Waals surface area (Å²) in [4.78, 5) is 40.6. The average molecular weight is 553 g/mol. The van der Waals surface area contributed by atoms with Crippen LogP contribution >= 0.6 is 7.60 Å². The lowest BCUT2D eigenvalue weighted by Gasteiger charge is -2.52. The van der Waals surface area contributed by atoms with Gasteiger partial charge in [-0.05, 0) is 6.07 Å². The van der Waals surface area contributed by atoms with E-state index in [1.165, 1.54) is 13.0 Å².